The Kier molecular flexibility index (Phi) is 5.62. The van der Waals surface area contributed by atoms with Gasteiger partial charge in [-0.15, -0.1) is 0 Å². The number of rotatable bonds is 7. The van der Waals surface area contributed by atoms with Crippen molar-refractivity contribution in [1.82, 2.24) is 5.32 Å². The molecule has 1 aromatic rings. The van der Waals surface area contributed by atoms with Gasteiger partial charge < -0.3 is 15.2 Å². The fraction of sp³-hybridized carbons (Fsp3) is 0.588. The predicted octanol–water partition coefficient (Wildman–Crippen LogP) is 2.81. The van der Waals surface area contributed by atoms with Crippen LogP contribution in [-0.2, 0) is 4.79 Å². The third kappa shape index (κ3) is 5.05. The van der Waals surface area contributed by atoms with Gasteiger partial charge in [0.2, 0.25) is 5.91 Å². The largest absolute Gasteiger partial charge is 0.491 e. The van der Waals surface area contributed by atoms with E-state index >= 15 is 0 Å². The fourth-order valence-corrected chi connectivity index (χ4v) is 2.43. The van der Waals surface area contributed by atoms with Gasteiger partial charge in [-0.2, -0.15) is 0 Å². The van der Waals surface area contributed by atoms with E-state index in [0.29, 0.717) is 12.3 Å². The first-order valence-corrected chi connectivity index (χ1v) is 7.76. The lowest BCUT2D eigenvalue weighted by Crippen LogP contribution is -2.31. The minimum atomic E-state index is -0.703. The Morgan fingerprint density at radius 1 is 1.43 bits per heavy atom. The SMILES string of the molecule is CC(C)Oc1cccc(C(O)CNC(=O)CC2CCC2)c1. The lowest BCUT2D eigenvalue weighted by molar-refractivity contribution is -0.123. The second kappa shape index (κ2) is 7.46. The number of hydrogen-bond donors (Lipinski definition) is 2. The van der Waals surface area contributed by atoms with Crippen molar-refractivity contribution in [3.8, 4) is 5.75 Å². The number of carbonyl (C=O) groups excluding carboxylic acids is 1. The highest BCUT2D eigenvalue weighted by Gasteiger charge is 2.21. The maximum absolute atomic E-state index is 11.7. The number of hydrogen-bond acceptors (Lipinski definition) is 3. The van der Waals surface area contributed by atoms with Gasteiger partial charge in [0.25, 0.3) is 0 Å². The van der Waals surface area contributed by atoms with Crippen LogP contribution in [0, 0.1) is 5.92 Å². The van der Waals surface area contributed by atoms with Gasteiger partial charge in [-0.25, -0.2) is 0 Å². The lowest BCUT2D eigenvalue weighted by Gasteiger charge is -2.24. The second-order valence-corrected chi connectivity index (χ2v) is 6.06. The number of carbonyl (C=O) groups is 1. The van der Waals surface area contributed by atoms with Crippen LogP contribution in [0.25, 0.3) is 0 Å². The maximum Gasteiger partial charge on any atom is 0.220 e. The summed E-state index contributed by atoms with van der Waals surface area (Å²) < 4.78 is 5.61. The van der Waals surface area contributed by atoms with E-state index in [2.05, 4.69) is 5.32 Å². The Balaban J connectivity index is 1.81. The summed E-state index contributed by atoms with van der Waals surface area (Å²) in [5.74, 6) is 1.32. The predicted molar refractivity (Wildman–Crippen MR) is 82.1 cm³/mol. The van der Waals surface area contributed by atoms with Crippen LogP contribution in [0.5, 0.6) is 5.75 Å². The summed E-state index contributed by atoms with van der Waals surface area (Å²) in [5.41, 5.74) is 0.761. The number of benzene rings is 1. The van der Waals surface area contributed by atoms with Crippen LogP contribution in [0.1, 0.15) is 51.2 Å². The van der Waals surface area contributed by atoms with Crippen molar-refractivity contribution >= 4 is 5.91 Å². The molecule has 0 bridgehead atoms. The van der Waals surface area contributed by atoms with Gasteiger partial charge in [0.05, 0.1) is 12.2 Å². The van der Waals surface area contributed by atoms with Gasteiger partial charge >= 0.3 is 0 Å². The Bertz CT molecular complexity index is 469. The fourth-order valence-electron chi connectivity index (χ4n) is 2.43. The Hall–Kier alpha value is -1.55. The average molecular weight is 291 g/mol. The number of aliphatic hydroxyl groups excluding tert-OH is 1. The molecule has 1 aliphatic carbocycles. The van der Waals surface area contributed by atoms with E-state index in [9.17, 15) is 9.90 Å². The Morgan fingerprint density at radius 3 is 2.81 bits per heavy atom. The zero-order valence-corrected chi connectivity index (χ0v) is 12.8. The van der Waals surface area contributed by atoms with Crippen LogP contribution in [-0.4, -0.2) is 23.7 Å². The van der Waals surface area contributed by atoms with E-state index < -0.39 is 6.10 Å². The number of ether oxygens (including phenoxy) is 1. The van der Waals surface area contributed by atoms with Crippen molar-refractivity contribution in [3.05, 3.63) is 29.8 Å². The average Bonchev–Trinajstić information content (AvgIpc) is 2.40. The molecule has 1 aliphatic rings. The van der Waals surface area contributed by atoms with Gasteiger partial charge in [0.1, 0.15) is 5.75 Å². The minimum Gasteiger partial charge on any atom is -0.491 e. The van der Waals surface area contributed by atoms with Crippen LogP contribution in [0.3, 0.4) is 0 Å². The highest BCUT2D eigenvalue weighted by molar-refractivity contribution is 5.76. The first-order valence-electron chi connectivity index (χ1n) is 7.76. The molecular formula is C17H25NO3. The van der Waals surface area contributed by atoms with Gasteiger partial charge in [0.15, 0.2) is 0 Å². The molecule has 1 fully saturated rings. The van der Waals surface area contributed by atoms with E-state index in [0.717, 1.165) is 24.2 Å². The lowest BCUT2D eigenvalue weighted by atomic mass is 9.83. The van der Waals surface area contributed by atoms with Crippen LogP contribution in [0.4, 0.5) is 0 Å². The summed E-state index contributed by atoms with van der Waals surface area (Å²) >= 11 is 0. The van der Waals surface area contributed by atoms with Crippen molar-refractivity contribution in [2.24, 2.45) is 5.92 Å². The van der Waals surface area contributed by atoms with E-state index in [1.54, 1.807) is 0 Å². The van der Waals surface area contributed by atoms with E-state index in [1.807, 2.05) is 38.1 Å². The molecule has 2 rings (SSSR count). The molecule has 1 saturated carbocycles. The molecule has 0 aromatic heterocycles. The van der Waals surface area contributed by atoms with Crippen LogP contribution < -0.4 is 10.1 Å². The molecule has 1 unspecified atom stereocenters. The van der Waals surface area contributed by atoms with Crippen molar-refractivity contribution in [1.29, 1.82) is 0 Å². The molecule has 1 amide bonds. The summed E-state index contributed by atoms with van der Waals surface area (Å²) in [6.07, 6.45) is 3.53. The molecule has 0 spiro atoms. The summed E-state index contributed by atoms with van der Waals surface area (Å²) in [5, 5.41) is 13.0. The number of nitrogens with one attached hydrogen (secondary N) is 1. The Labute approximate surface area is 126 Å². The third-order valence-corrected chi connectivity index (χ3v) is 3.81. The quantitative estimate of drug-likeness (QED) is 0.812. The van der Waals surface area contributed by atoms with Gasteiger partial charge in [-0.1, -0.05) is 18.6 Å². The molecule has 2 N–H and O–H groups in total. The van der Waals surface area contributed by atoms with Crippen molar-refractivity contribution in [2.45, 2.75) is 51.7 Å². The molecular weight excluding hydrogens is 266 g/mol. The smallest absolute Gasteiger partial charge is 0.220 e. The summed E-state index contributed by atoms with van der Waals surface area (Å²) in [6, 6.07) is 7.39. The monoisotopic (exact) mass is 291 g/mol. The molecule has 21 heavy (non-hydrogen) atoms. The molecule has 0 radical (unpaired) electrons. The van der Waals surface area contributed by atoms with Crippen molar-refractivity contribution < 1.29 is 14.6 Å². The van der Waals surface area contributed by atoms with Gasteiger partial charge in [-0.05, 0) is 50.3 Å². The molecule has 116 valence electrons. The zero-order chi connectivity index (χ0) is 15.2. The summed E-state index contributed by atoms with van der Waals surface area (Å²) in [4.78, 5) is 11.7. The summed E-state index contributed by atoms with van der Waals surface area (Å²) in [6.45, 7) is 4.17. The second-order valence-electron chi connectivity index (χ2n) is 6.06. The van der Waals surface area contributed by atoms with E-state index in [4.69, 9.17) is 4.74 Å². The summed E-state index contributed by atoms with van der Waals surface area (Å²) in [7, 11) is 0. The standard InChI is InChI=1S/C17H25NO3/c1-12(2)21-15-8-4-7-14(10-15)16(19)11-18-17(20)9-13-5-3-6-13/h4,7-8,10,12-13,16,19H,3,5-6,9,11H2,1-2H3,(H,18,20). The van der Waals surface area contributed by atoms with Gasteiger partial charge in [0, 0.05) is 13.0 Å². The normalized spacial score (nSPS) is 16.4. The molecule has 1 atom stereocenters. The van der Waals surface area contributed by atoms with E-state index in [1.165, 1.54) is 6.42 Å². The highest BCUT2D eigenvalue weighted by atomic mass is 16.5. The first kappa shape index (κ1) is 15.8. The molecule has 0 saturated heterocycles. The number of amides is 1. The molecule has 4 heteroatoms. The number of aliphatic hydroxyl groups is 1. The third-order valence-electron chi connectivity index (χ3n) is 3.81. The van der Waals surface area contributed by atoms with Gasteiger partial charge in [-0.3, -0.25) is 4.79 Å². The molecule has 0 aliphatic heterocycles. The van der Waals surface area contributed by atoms with E-state index in [-0.39, 0.29) is 18.6 Å². The first-order chi connectivity index (χ1) is 10.0. The van der Waals surface area contributed by atoms with Crippen LogP contribution in [0.15, 0.2) is 24.3 Å². The maximum atomic E-state index is 11.7. The molecule has 4 nitrogen and oxygen atoms in total. The minimum absolute atomic E-state index is 0.0355. The highest BCUT2D eigenvalue weighted by Crippen LogP contribution is 2.29. The van der Waals surface area contributed by atoms with Crippen molar-refractivity contribution in [3.63, 3.8) is 0 Å². The Morgan fingerprint density at radius 2 is 2.19 bits per heavy atom. The molecule has 1 aromatic carbocycles. The van der Waals surface area contributed by atoms with Crippen molar-refractivity contribution in [2.75, 3.05) is 6.54 Å². The van der Waals surface area contributed by atoms with Crippen LogP contribution >= 0.6 is 0 Å². The van der Waals surface area contributed by atoms with Crippen LogP contribution in [0.2, 0.25) is 0 Å². The zero-order valence-electron chi connectivity index (χ0n) is 12.8. The molecule has 0 heterocycles. The topological polar surface area (TPSA) is 58.6 Å².